The van der Waals surface area contributed by atoms with Gasteiger partial charge in [-0.2, -0.15) is 0 Å². The van der Waals surface area contributed by atoms with Gasteiger partial charge in [-0.1, -0.05) is 48.5 Å². The van der Waals surface area contributed by atoms with Gasteiger partial charge in [-0.05, 0) is 56.5 Å². The smallest absolute Gasteiger partial charge is 0.410 e. The molecule has 1 unspecified atom stereocenters. The number of aromatic nitrogens is 1. The Bertz CT molecular complexity index is 1090. The highest BCUT2D eigenvalue weighted by atomic mass is 127. The topological polar surface area (TPSA) is 79.7 Å². The van der Waals surface area contributed by atoms with E-state index >= 15 is 0 Å². The van der Waals surface area contributed by atoms with E-state index in [2.05, 4.69) is 39.7 Å². The highest BCUT2D eigenvalue weighted by molar-refractivity contribution is 14.1. The first kappa shape index (κ1) is 21.3. The molecule has 0 spiro atoms. The minimum Gasteiger partial charge on any atom is -0.480 e. The number of benzene rings is 2. The molecule has 7 heteroatoms. The van der Waals surface area contributed by atoms with Crippen molar-refractivity contribution in [1.29, 1.82) is 0 Å². The van der Waals surface area contributed by atoms with Crippen LogP contribution in [-0.4, -0.2) is 46.7 Å². The van der Waals surface area contributed by atoms with Crippen molar-refractivity contribution in [3.05, 3.63) is 87.3 Å². The first-order valence-corrected chi connectivity index (χ1v) is 10.9. The molecule has 1 heterocycles. The second kappa shape index (κ2) is 9.05. The van der Waals surface area contributed by atoms with Gasteiger partial charge in [0.25, 0.3) is 0 Å². The van der Waals surface area contributed by atoms with Crippen LogP contribution >= 0.6 is 22.6 Å². The van der Waals surface area contributed by atoms with Crippen molar-refractivity contribution >= 4 is 34.7 Å². The number of likely N-dealkylation sites (N-methyl/N-ethyl adjacent to an activating group) is 1. The zero-order chi connectivity index (χ0) is 22.0. The van der Waals surface area contributed by atoms with Crippen molar-refractivity contribution in [2.45, 2.75) is 18.4 Å². The monoisotopic (exact) mass is 528 g/mol. The predicted octanol–water partition coefficient (Wildman–Crippen LogP) is 4.56. The lowest BCUT2D eigenvalue weighted by Crippen LogP contribution is -2.44. The van der Waals surface area contributed by atoms with Crippen molar-refractivity contribution in [3.63, 3.8) is 0 Å². The summed E-state index contributed by atoms with van der Waals surface area (Å²) in [6.45, 7) is 0.147. The predicted molar refractivity (Wildman–Crippen MR) is 125 cm³/mol. The highest BCUT2D eigenvalue weighted by Gasteiger charge is 2.32. The number of fused-ring (bicyclic) bond motifs is 3. The molecule has 3 aromatic rings. The number of halogens is 1. The third-order valence-electron chi connectivity index (χ3n) is 5.57. The van der Waals surface area contributed by atoms with E-state index in [1.807, 2.05) is 42.5 Å². The van der Waals surface area contributed by atoms with Crippen LogP contribution in [0.4, 0.5) is 4.79 Å². The number of carbonyl (C=O) groups is 2. The third kappa shape index (κ3) is 4.41. The van der Waals surface area contributed by atoms with Crippen LogP contribution in [0.5, 0.6) is 0 Å². The van der Waals surface area contributed by atoms with Crippen LogP contribution in [0.1, 0.15) is 22.6 Å². The van der Waals surface area contributed by atoms with Crippen molar-refractivity contribution in [2.24, 2.45) is 0 Å². The first-order valence-electron chi connectivity index (χ1n) is 9.85. The Labute approximate surface area is 194 Å². The molecule has 1 amide bonds. The van der Waals surface area contributed by atoms with Crippen LogP contribution in [0.15, 0.2) is 67.0 Å². The molecule has 0 aliphatic heterocycles. The quantitative estimate of drug-likeness (QED) is 0.475. The number of ether oxygens (including phenoxy) is 1. The maximum Gasteiger partial charge on any atom is 0.410 e. The van der Waals surface area contributed by atoms with Crippen molar-refractivity contribution < 1.29 is 19.4 Å². The summed E-state index contributed by atoms with van der Waals surface area (Å²) in [4.78, 5) is 29.8. The molecule has 1 N–H and O–H groups in total. The van der Waals surface area contributed by atoms with E-state index in [0.717, 1.165) is 36.3 Å². The molecule has 6 nitrogen and oxygen atoms in total. The lowest BCUT2D eigenvalue weighted by atomic mass is 9.98. The van der Waals surface area contributed by atoms with Gasteiger partial charge in [0.1, 0.15) is 12.6 Å². The summed E-state index contributed by atoms with van der Waals surface area (Å²) in [5.41, 5.74) is 5.25. The second-order valence-corrected chi connectivity index (χ2v) is 8.73. The van der Waals surface area contributed by atoms with E-state index in [9.17, 15) is 14.7 Å². The minimum atomic E-state index is -1.09. The fourth-order valence-electron chi connectivity index (χ4n) is 4.00. The molecular formula is C24H21IN2O4. The summed E-state index contributed by atoms with van der Waals surface area (Å²) in [5.74, 6) is -1.16. The Kier molecular flexibility index (Phi) is 6.22. The summed E-state index contributed by atoms with van der Waals surface area (Å²) in [6, 6.07) is 17.0. The second-order valence-electron chi connectivity index (χ2n) is 7.48. The number of rotatable bonds is 6. The number of hydrogen-bond donors (Lipinski definition) is 1. The van der Waals surface area contributed by atoms with Crippen LogP contribution in [0.25, 0.3) is 11.1 Å². The molecule has 158 valence electrons. The first-order chi connectivity index (χ1) is 15.0. The molecule has 0 saturated heterocycles. The normalized spacial score (nSPS) is 13.2. The number of aliphatic carboxylic acids is 1. The van der Waals surface area contributed by atoms with Gasteiger partial charge in [0.2, 0.25) is 0 Å². The maximum atomic E-state index is 12.8. The Hall–Kier alpha value is -2.94. The number of carboxylic acid groups (broad SMARTS) is 1. The van der Waals surface area contributed by atoms with E-state index in [4.69, 9.17) is 4.74 Å². The molecule has 0 fully saturated rings. The Balaban J connectivity index is 1.48. The zero-order valence-corrected chi connectivity index (χ0v) is 19.0. The van der Waals surface area contributed by atoms with E-state index < -0.39 is 18.1 Å². The Morgan fingerprint density at radius 2 is 1.71 bits per heavy atom. The van der Waals surface area contributed by atoms with Gasteiger partial charge in [0, 0.05) is 35.4 Å². The van der Waals surface area contributed by atoms with E-state index in [1.165, 1.54) is 7.05 Å². The minimum absolute atomic E-state index is 0.0760. The summed E-state index contributed by atoms with van der Waals surface area (Å²) in [6.07, 6.45) is 2.80. The summed E-state index contributed by atoms with van der Waals surface area (Å²) in [5, 5.41) is 9.69. The highest BCUT2D eigenvalue weighted by Crippen LogP contribution is 2.44. The van der Waals surface area contributed by atoms with Gasteiger partial charge in [-0.15, -0.1) is 0 Å². The lowest BCUT2D eigenvalue weighted by molar-refractivity contribution is -0.142. The molecule has 31 heavy (non-hydrogen) atoms. The van der Waals surface area contributed by atoms with Gasteiger partial charge >= 0.3 is 12.1 Å². The molecule has 1 atom stereocenters. The number of amides is 1. The summed E-state index contributed by atoms with van der Waals surface area (Å²) >= 11 is 2.12. The maximum absolute atomic E-state index is 12.8. The van der Waals surface area contributed by atoms with Crippen molar-refractivity contribution in [1.82, 2.24) is 9.88 Å². The Morgan fingerprint density at radius 3 is 2.29 bits per heavy atom. The van der Waals surface area contributed by atoms with Gasteiger partial charge in [0.05, 0.1) is 0 Å². The number of hydrogen-bond acceptors (Lipinski definition) is 4. The summed E-state index contributed by atoms with van der Waals surface area (Å²) < 4.78 is 6.51. The van der Waals surface area contributed by atoms with Gasteiger partial charge < -0.3 is 9.84 Å². The average molecular weight is 528 g/mol. The largest absolute Gasteiger partial charge is 0.480 e. The molecule has 1 aliphatic rings. The van der Waals surface area contributed by atoms with E-state index in [1.54, 1.807) is 12.4 Å². The van der Waals surface area contributed by atoms with Crippen LogP contribution in [-0.2, 0) is 16.0 Å². The fraction of sp³-hybridized carbons (Fsp3) is 0.208. The lowest BCUT2D eigenvalue weighted by Gasteiger charge is -2.25. The SMILES string of the molecule is CN(C(=O)OCC1c2ccccc2-c2ccccc21)C(Cc1cncc(I)c1)C(=O)O. The van der Waals surface area contributed by atoms with E-state index in [0.29, 0.717) is 0 Å². The Morgan fingerprint density at radius 1 is 1.10 bits per heavy atom. The molecule has 1 aromatic heterocycles. The van der Waals surface area contributed by atoms with Gasteiger partial charge in [0.15, 0.2) is 0 Å². The van der Waals surface area contributed by atoms with Gasteiger partial charge in [-0.3, -0.25) is 9.88 Å². The average Bonchev–Trinajstić information content (AvgIpc) is 3.09. The van der Waals surface area contributed by atoms with Crippen LogP contribution in [0.2, 0.25) is 0 Å². The third-order valence-corrected chi connectivity index (χ3v) is 6.16. The number of carboxylic acids is 1. The van der Waals surface area contributed by atoms with Crippen molar-refractivity contribution in [2.75, 3.05) is 13.7 Å². The van der Waals surface area contributed by atoms with Crippen LogP contribution < -0.4 is 0 Å². The number of nitrogens with zero attached hydrogens (tertiary/aromatic N) is 2. The number of pyridine rings is 1. The molecule has 4 rings (SSSR count). The van der Waals surface area contributed by atoms with Crippen LogP contribution in [0.3, 0.4) is 0 Å². The molecule has 0 bridgehead atoms. The molecule has 0 saturated carbocycles. The number of carbonyl (C=O) groups excluding carboxylic acids is 1. The van der Waals surface area contributed by atoms with E-state index in [-0.39, 0.29) is 18.9 Å². The van der Waals surface area contributed by atoms with Crippen LogP contribution in [0, 0.1) is 3.57 Å². The fourth-order valence-corrected chi connectivity index (χ4v) is 4.56. The van der Waals surface area contributed by atoms with Gasteiger partial charge in [-0.25, -0.2) is 9.59 Å². The molecule has 0 radical (unpaired) electrons. The molecular weight excluding hydrogens is 507 g/mol. The standard InChI is InChI=1S/C24H21IN2O4/c1-27(22(23(28)29)11-15-10-16(25)13-26-12-15)24(30)31-14-21-19-8-4-2-6-17(19)18-7-3-5-9-20(18)21/h2-10,12-13,21-22H,11,14H2,1H3,(H,28,29). The molecule has 2 aromatic carbocycles. The zero-order valence-electron chi connectivity index (χ0n) is 16.9. The molecule has 1 aliphatic carbocycles. The summed E-state index contributed by atoms with van der Waals surface area (Å²) in [7, 11) is 1.46. The van der Waals surface area contributed by atoms with Crippen molar-refractivity contribution in [3.8, 4) is 11.1 Å².